The monoisotopic (exact) mass is 395 g/mol. The summed E-state index contributed by atoms with van der Waals surface area (Å²) >= 11 is 0. The Labute approximate surface area is 163 Å². The van der Waals surface area contributed by atoms with Gasteiger partial charge in [0.1, 0.15) is 6.04 Å². The molecule has 0 bridgehead atoms. The number of nitrogens with one attached hydrogen (secondary N) is 2. The highest BCUT2D eigenvalue weighted by Gasteiger charge is 2.33. The molecular formula is C20H33N3O3S. The van der Waals surface area contributed by atoms with Crippen LogP contribution in [0, 0.1) is 18.8 Å². The Balaban J connectivity index is 2.04. The van der Waals surface area contributed by atoms with Crippen LogP contribution in [0.1, 0.15) is 38.7 Å². The van der Waals surface area contributed by atoms with Crippen LogP contribution < -0.4 is 10.0 Å². The molecular weight excluding hydrogens is 362 g/mol. The molecule has 0 aromatic heterocycles. The Morgan fingerprint density at radius 2 is 1.78 bits per heavy atom. The number of piperidine rings is 1. The van der Waals surface area contributed by atoms with Crippen LogP contribution in [0.5, 0.6) is 0 Å². The Morgan fingerprint density at radius 1 is 1.19 bits per heavy atom. The van der Waals surface area contributed by atoms with Crippen molar-refractivity contribution in [3.63, 3.8) is 0 Å². The lowest BCUT2D eigenvalue weighted by atomic mass is 9.92. The number of hydrogen-bond donors (Lipinski definition) is 2. The number of sulfonamides is 1. The van der Waals surface area contributed by atoms with Crippen LogP contribution >= 0.6 is 0 Å². The van der Waals surface area contributed by atoms with E-state index < -0.39 is 16.1 Å². The molecule has 7 heteroatoms. The normalized spacial score (nSPS) is 17.3. The molecule has 1 heterocycles. The minimum absolute atomic E-state index is 0.118. The van der Waals surface area contributed by atoms with Gasteiger partial charge < -0.3 is 10.2 Å². The maximum absolute atomic E-state index is 13.0. The topological polar surface area (TPSA) is 78.5 Å². The van der Waals surface area contributed by atoms with Gasteiger partial charge in [-0.3, -0.25) is 4.79 Å². The first-order valence-electron chi connectivity index (χ1n) is 9.77. The van der Waals surface area contributed by atoms with E-state index in [9.17, 15) is 13.2 Å². The van der Waals surface area contributed by atoms with Gasteiger partial charge in [0.15, 0.2) is 0 Å². The minimum Gasteiger partial charge on any atom is -0.341 e. The second-order valence-electron chi connectivity index (χ2n) is 7.82. The highest BCUT2D eigenvalue weighted by molar-refractivity contribution is 7.89. The smallest absolute Gasteiger partial charge is 0.241 e. The summed E-state index contributed by atoms with van der Waals surface area (Å²) in [5.74, 6) is 0.385. The Hall–Kier alpha value is -1.44. The summed E-state index contributed by atoms with van der Waals surface area (Å²) in [5, 5.41) is 3.17. The van der Waals surface area contributed by atoms with Crippen LogP contribution in [0.25, 0.3) is 0 Å². The second kappa shape index (κ2) is 9.66. The average Bonchev–Trinajstić information content (AvgIpc) is 2.64. The summed E-state index contributed by atoms with van der Waals surface area (Å²) in [5.41, 5.74) is 0.992. The number of aryl methyl sites for hydroxylation is 1. The number of carbonyl (C=O) groups is 1. The molecule has 1 saturated heterocycles. The first kappa shape index (κ1) is 21.9. The van der Waals surface area contributed by atoms with Gasteiger partial charge >= 0.3 is 0 Å². The molecule has 0 radical (unpaired) electrons. The van der Waals surface area contributed by atoms with E-state index >= 15 is 0 Å². The van der Waals surface area contributed by atoms with Crippen molar-refractivity contribution >= 4 is 15.9 Å². The second-order valence-corrected chi connectivity index (χ2v) is 9.53. The van der Waals surface area contributed by atoms with Crippen LogP contribution in [0.15, 0.2) is 29.2 Å². The third kappa shape index (κ3) is 6.02. The summed E-state index contributed by atoms with van der Waals surface area (Å²) < 4.78 is 28.1. The van der Waals surface area contributed by atoms with Gasteiger partial charge in [0.05, 0.1) is 4.90 Å². The summed E-state index contributed by atoms with van der Waals surface area (Å²) in [4.78, 5) is 15.0. The molecule has 1 fully saturated rings. The molecule has 1 aliphatic rings. The molecule has 2 rings (SSSR count). The van der Waals surface area contributed by atoms with Crippen molar-refractivity contribution < 1.29 is 13.2 Å². The fourth-order valence-electron chi connectivity index (χ4n) is 3.41. The molecule has 1 unspecified atom stereocenters. The molecule has 1 amide bonds. The highest BCUT2D eigenvalue weighted by Crippen LogP contribution is 2.22. The molecule has 2 N–H and O–H groups in total. The molecule has 0 aliphatic carbocycles. The number of carbonyl (C=O) groups excluding carboxylic acids is 1. The predicted molar refractivity (Wildman–Crippen MR) is 108 cm³/mol. The van der Waals surface area contributed by atoms with Gasteiger partial charge in [-0.1, -0.05) is 31.5 Å². The first-order valence-corrected chi connectivity index (χ1v) is 11.2. The summed E-state index contributed by atoms with van der Waals surface area (Å²) in [6.45, 7) is 8.04. The van der Waals surface area contributed by atoms with E-state index in [4.69, 9.17) is 0 Å². The number of likely N-dealkylation sites (tertiary alicyclic amines) is 1. The van der Waals surface area contributed by atoms with Gasteiger partial charge in [-0.25, -0.2) is 8.42 Å². The van der Waals surface area contributed by atoms with Gasteiger partial charge in [-0.05, 0) is 63.7 Å². The first-order chi connectivity index (χ1) is 12.7. The standard InChI is InChI=1S/C20H33N3O3S/c1-15(2)19(22-27(25,26)18-7-5-16(3)6-8-18)20(24)23-13-10-17(11-14-23)9-12-21-4/h5-8,15,17,19,21-22H,9-14H2,1-4H3. The molecule has 6 nitrogen and oxygen atoms in total. The van der Waals surface area contributed by atoms with E-state index in [-0.39, 0.29) is 16.7 Å². The number of nitrogens with zero attached hydrogens (tertiary/aromatic N) is 1. The highest BCUT2D eigenvalue weighted by atomic mass is 32.2. The molecule has 152 valence electrons. The lowest BCUT2D eigenvalue weighted by molar-refractivity contribution is -0.135. The average molecular weight is 396 g/mol. The number of amides is 1. The third-order valence-corrected chi connectivity index (χ3v) is 6.73. The molecule has 1 aliphatic heterocycles. The predicted octanol–water partition coefficient (Wildman–Crippen LogP) is 2.15. The van der Waals surface area contributed by atoms with Gasteiger partial charge in [-0.2, -0.15) is 4.72 Å². The van der Waals surface area contributed by atoms with Crippen molar-refractivity contribution in [3.05, 3.63) is 29.8 Å². The lowest BCUT2D eigenvalue weighted by Crippen LogP contribution is -2.52. The van der Waals surface area contributed by atoms with Gasteiger partial charge in [0, 0.05) is 13.1 Å². The van der Waals surface area contributed by atoms with Crippen LogP contribution in [-0.2, 0) is 14.8 Å². The largest absolute Gasteiger partial charge is 0.341 e. The van der Waals surface area contributed by atoms with Crippen molar-refractivity contribution in [2.24, 2.45) is 11.8 Å². The fourth-order valence-corrected chi connectivity index (χ4v) is 4.75. The van der Waals surface area contributed by atoms with E-state index in [0.29, 0.717) is 19.0 Å². The molecule has 0 saturated carbocycles. The van der Waals surface area contributed by atoms with Gasteiger partial charge in [0.25, 0.3) is 0 Å². The van der Waals surface area contributed by atoms with Gasteiger partial charge in [-0.15, -0.1) is 0 Å². The van der Waals surface area contributed by atoms with Crippen LogP contribution in [-0.4, -0.2) is 51.9 Å². The number of benzene rings is 1. The SMILES string of the molecule is CNCCC1CCN(C(=O)C(NS(=O)(=O)c2ccc(C)cc2)C(C)C)CC1. The van der Waals surface area contributed by atoms with E-state index in [1.54, 1.807) is 24.3 Å². The van der Waals surface area contributed by atoms with Crippen molar-refractivity contribution in [2.75, 3.05) is 26.7 Å². The van der Waals surface area contributed by atoms with Crippen molar-refractivity contribution in [1.82, 2.24) is 14.9 Å². The summed E-state index contributed by atoms with van der Waals surface area (Å²) in [7, 11) is -1.78. The zero-order valence-corrected chi connectivity index (χ0v) is 17.7. The summed E-state index contributed by atoms with van der Waals surface area (Å²) in [6.07, 6.45) is 3.07. The Kier molecular flexibility index (Phi) is 7.82. The maximum atomic E-state index is 13.0. The van der Waals surface area contributed by atoms with E-state index in [2.05, 4.69) is 10.0 Å². The molecule has 0 spiro atoms. The molecule has 1 aromatic rings. The molecule has 27 heavy (non-hydrogen) atoms. The lowest BCUT2D eigenvalue weighted by Gasteiger charge is -2.35. The zero-order valence-electron chi connectivity index (χ0n) is 16.9. The van der Waals surface area contributed by atoms with Crippen molar-refractivity contribution in [1.29, 1.82) is 0 Å². The van der Waals surface area contributed by atoms with Crippen molar-refractivity contribution in [3.8, 4) is 0 Å². The molecule has 1 atom stereocenters. The Morgan fingerprint density at radius 3 is 2.30 bits per heavy atom. The Bertz CT molecular complexity index is 708. The van der Waals surface area contributed by atoms with E-state index in [1.165, 1.54) is 0 Å². The van der Waals surface area contributed by atoms with E-state index in [0.717, 1.165) is 31.4 Å². The fraction of sp³-hybridized carbons (Fsp3) is 0.650. The maximum Gasteiger partial charge on any atom is 0.241 e. The number of hydrogen-bond acceptors (Lipinski definition) is 4. The summed E-state index contributed by atoms with van der Waals surface area (Å²) in [6, 6.07) is 5.93. The van der Waals surface area contributed by atoms with Crippen LogP contribution in [0.2, 0.25) is 0 Å². The minimum atomic E-state index is -3.73. The number of rotatable bonds is 8. The molecule has 1 aromatic carbocycles. The quantitative estimate of drug-likeness (QED) is 0.707. The zero-order chi connectivity index (χ0) is 20.0. The third-order valence-electron chi connectivity index (χ3n) is 5.27. The van der Waals surface area contributed by atoms with Crippen molar-refractivity contribution in [2.45, 2.75) is 51.0 Å². The van der Waals surface area contributed by atoms with Gasteiger partial charge in [0.2, 0.25) is 15.9 Å². The van der Waals surface area contributed by atoms with Crippen LogP contribution in [0.3, 0.4) is 0 Å². The van der Waals surface area contributed by atoms with Crippen LogP contribution in [0.4, 0.5) is 0 Å². The van der Waals surface area contributed by atoms with E-state index in [1.807, 2.05) is 32.7 Å².